The van der Waals surface area contributed by atoms with E-state index in [9.17, 15) is 0 Å². The molecule has 0 radical (unpaired) electrons. The van der Waals surface area contributed by atoms with Crippen LogP contribution in [0.15, 0.2) is 30.7 Å². The summed E-state index contributed by atoms with van der Waals surface area (Å²) in [7, 11) is 3.22. The van der Waals surface area contributed by atoms with Crippen molar-refractivity contribution in [3.63, 3.8) is 0 Å². The maximum Gasteiger partial charge on any atom is 0.160 e. The first-order valence-corrected chi connectivity index (χ1v) is 5.50. The van der Waals surface area contributed by atoms with Gasteiger partial charge in [-0.25, -0.2) is 9.97 Å². The van der Waals surface area contributed by atoms with E-state index in [0.29, 0.717) is 23.7 Å². The molecule has 0 atom stereocenters. The lowest BCUT2D eigenvalue weighted by Gasteiger charge is -2.10. The molecule has 1 aromatic heterocycles. The highest BCUT2D eigenvalue weighted by Gasteiger charge is 2.07. The standard InChI is InChI=1S/C13H15N3O2/c1-17-11-4-3-9(6-12(11)18-2)5-10-7-15-8-16-13(10)14/h3-4,6-8H,5H2,1-2H3,(H2,14,15,16). The van der Waals surface area contributed by atoms with Crippen LogP contribution in [0.5, 0.6) is 11.5 Å². The van der Waals surface area contributed by atoms with Crippen LogP contribution in [0.25, 0.3) is 0 Å². The highest BCUT2D eigenvalue weighted by Crippen LogP contribution is 2.28. The number of methoxy groups -OCH3 is 2. The third-order valence-corrected chi connectivity index (χ3v) is 2.67. The van der Waals surface area contributed by atoms with Gasteiger partial charge in [-0.2, -0.15) is 0 Å². The molecule has 0 saturated carbocycles. The smallest absolute Gasteiger partial charge is 0.160 e. The second kappa shape index (κ2) is 5.35. The summed E-state index contributed by atoms with van der Waals surface area (Å²) in [6.45, 7) is 0. The predicted molar refractivity (Wildman–Crippen MR) is 68.8 cm³/mol. The average molecular weight is 245 g/mol. The molecule has 0 saturated heterocycles. The number of aromatic nitrogens is 2. The monoisotopic (exact) mass is 245 g/mol. The Labute approximate surface area is 106 Å². The van der Waals surface area contributed by atoms with Crippen LogP contribution in [0, 0.1) is 0 Å². The fraction of sp³-hybridized carbons (Fsp3) is 0.231. The third kappa shape index (κ3) is 2.51. The lowest BCUT2D eigenvalue weighted by molar-refractivity contribution is 0.354. The summed E-state index contributed by atoms with van der Waals surface area (Å²) in [6.07, 6.45) is 3.82. The van der Waals surface area contributed by atoms with Crippen LogP contribution >= 0.6 is 0 Å². The van der Waals surface area contributed by atoms with Crippen molar-refractivity contribution in [2.45, 2.75) is 6.42 Å². The van der Waals surface area contributed by atoms with E-state index in [1.165, 1.54) is 6.33 Å². The number of hydrogen-bond donors (Lipinski definition) is 1. The number of nitrogen functional groups attached to an aromatic ring is 1. The Morgan fingerprint density at radius 2 is 1.94 bits per heavy atom. The number of hydrogen-bond acceptors (Lipinski definition) is 5. The lowest BCUT2D eigenvalue weighted by Crippen LogP contribution is -2.00. The van der Waals surface area contributed by atoms with Crippen molar-refractivity contribution in [3.05, 3.63) is 41.9 Å². The number of nitrogens with zero attached hydrogens (tertiary/aromatic N) is 2. The van der Waals surface area contributed by atoms with Gasteiger partial charge in [-0.1, -0.05) is 6.07 Å². The van der Waals surface area contributed by atoms with Gasteiger partial charge in [0.25, 0.3) is 0 Å². The molecule has 0 bridgehead atoms. The molecule has 5 nitrogen and oxygen atoms in total. The number of benzene rings is 1. The van der Waals surface area contributed by atoms with E-state index >= 15 is 0 Å². The first kappa shape index (κ1) is 12.2. The summed E-state index contributed by atoms with van der Waals surface area (Å²) in [6, 6.07) is 5.76. The maximum absolute atomic E-state index is 5.79. The zero-order valence-electron chi connectivity index (χ0n) is 10.4. The van der Waals surface area contributed by atoms with Gasteiger partial charge < -0.3 is 15.2 Å². The molecule has 1 heterocycles. The van der Waals surface area contributed by atoms with Gasteiger partial charge in [-0.3, -0.25) is 0 Å². The molecular formula is C13H15N3O2. The van der Waals surface area contributed by atoms with Crippen molar-refractivity contribution in [1.82, 2.24) is 9.97 Å². The number of nitrogens with two attached hydrogens (primary N) is 1. The van der Waals surface area contributed by atoms with Crippen molar-refractivity contribution in [2.75, 3.05) is 20.0 Å². The van der Waals surface area contributed by atoms with E-state index in [0.717, 1.165) is 11.1 Å². The Kier molecular flexibility index (Phi) is 3.62. The largest absolute Gasteiger partial charge is 0.493 e. The Morgan fingerprint density at radius 1 is 1.17 bits per heavy atom. The van der Waals surface area contributed by atoms with Crippen LogP contribution in [-0.4, -0.2) is 24.2 Å². The van der Waals surface area contributed by atoms with Crippen molar-refractivity contribution in [2.24, 2.45) is 0 Å². The molecule has 0 aliphatic carbocycles. The quantitative estimate of drug-likeness (QED) is 0.887. The number of anilines is 1. The summed E-state index contributed by atoms with van der Waals surface area (Å²) in [4.78, 5) is 7.93. The summed E-state index contributed by atoms with van der Waals surface area (Å²) >= 11 is 0. The molecule has 18 heavy (non-hydrogen) atoms. The van der Waals surface area contributed by atoms with Crippen LogP contribution in [0.2, 0.25) is 0 Å². The van der Waals surface area contributed by atoms with E-state index in [2.05, 4.69) is 9.97 Å². The highest BCUT2D eigenvalue weighted by atomic mass is 16.5. The van der Waals surface area contributed by atoms with Crippen LogP contribution in [-0.2, 0) is 6.42 Å². The van der Waals surface area contributed by atoms with E-state index < -0.39 is 0 Å². The topological polar surface area (TPSA) is 70.3 Å². The van der Waals surface area contributed by atoms with E-state index in [4.69, 9.17) is 15.2 Å². The Balaban J connectivity index is 2.27. The molecular weight excluding hydrogens is 230 g/mol. The zero-order valence-corrected chi connectivity index (χ0v) is 10.4. The summed E-state index contributed by atoms with van der Waals surface area (Å²) in [5, 5.41) is 0. The molecule has 0 spiro atoms. The molecule has 1 aromatic carbocycles. The number of ether oxygens (including phenoxy) is 2. The predicted octanol–water partition coefficient (Wildman–Crippen LogP) is 1.67. The van der Waals surface area contributed by atoms with E-state index in [1.54, 1.807) is 20.4 Å². The van der Waals surface area contributed by atoms with Gasteiger partial charge in [0.05, 0.1) is 14.2 Å². The molecule has 0 unspecified atom stereocenters. The van der Waals surface area contributed by atoms with Gasteiger partial charge in [-0.05, 0) is 17.7 Å². The van der Waals surface area contributed by atoms with Crippen LogP contribution in [0.3, 0.4) is 0 Å². The second-order valence-corrected chi connectivity index (χ2v) is 3.80. The van der Waals surface area contributed by atoms with Crippen molar-refractivity contribution >= 4 is 5.82 Å². The van der Waals surface area contributed by atoms with Crippen LogP contribution in [0.1, 0.15) is 11.1 Å². The molecule has 0 fully saturated rings. The Bertz CT molecular complexity index is 544. The normalized spacial score (nSPS) is 10.1. The summed E-state index contributed by atoms with van der Waals surface area (Å²) in [5.41, 5.74) is 7.75. The van der Waals surface area contributed by atoms with Crippen molar-refractivity contribution in [3.8, 4) is 11.5 Å². The van der Waals surface area contributed by atoms with Gasteiger partial charge in [0.2, 0.25) is 0 Å². The molecule has 2 N–H and O–H groups in total. The second-order valence-electron chi connectivity index (χ2n) is 3.80. The van der Waals surface area contributed by atoms with Gasteiger partial charge >= 0.3 is 0 Å². The maximum atomic E-state index is 5.79. The average Bonchev–Trinajstić information content (AvgIpc) is 2.41. The SMILES string of the molecule is COc1ccc(Cc2cncnc2N)cc1OC. The van der Waals surface area contributed by atoms with Gasteiger partial charge in [0.1, 0.15) is 12.1 Å². The van der Waals surface area contributed by atoms with E-state index in [1.807, 2.05) is 18.2 Å². The van der Waals surface area contributed by atoms with Crippen LogP contribution < -0.4 is 15.2 Å². The van der Waals surface area contributed by atoms with Gasteiger partial charge in [-0.15, -0.1) is 0 Å². The third-order valence-electron chi connectivity index (χ3n) is 2.67. The minimum Gasteiger partial charge on any atom is -0.493 e. The first-order chi connectivity index (χ1) is 8.74. The minimum atomic E-state index is 0.500. The Hall–Kier alpha value is -2.30. The molecule has 0 aliphatic rings. The minimum absolute atomic E-state index is 0.500. The van der Waals surface area contributed by atoms with Gasteiger partial charge in [0.15, 0.2) is 11.5 Å². The first-order valence-electron chi connectivity index (χ1n) is 5.50. The van der Waals surface area contributed by atoms with Gasteiger partial charge in [0, 0.05) is 18.2 Å². The fourth-order valence-electron chi connectivity index (χ4n) is 1.71. The summed E-state index contributed by atoms with van der Waals surface area (Å²) < 4.78 is 10.4. The zero-order chi connectivity index (χ0) is 13.0. The molecule has 2 aromatic rings. The molecule has 0 amide bonds. The summed E-state index contributed by atoms with van der Waals surface area (Å²) in [5.74, 6) is 1.91. The highest BCUT2D eigenvalue weighted by molar-refractivity contribution is 5.46. The molecule has 94 valence electrons. The Morgan fingerprint density at radius 3 is 2.61 bits per heavy atom. The van der Waals surface area contributed by atoms with Crippen molar-refractivity contribution < 1.29 is 9.47 Å². The molecule has 0 aliphatic heterocycles. The van der Waals surface area contributed by atoms with Crippen LogP contribution in [0.4, 0.5) is 5.82 Å². The lowest BCUT2D eigenvalue weighted by atomic mass is 10.1. The fourth-order valence-corrected chi connectivity index (χ4v) is 1.71. The number of rotatable bonds is 4. The molecule has 5 heteroatoms. The van der Waals surface area contributed by atoms with Crippen molar-refractivity contribution in [1.29, 1.82) is 0 Å². The van der Waals surface area contributed by atoms with E-state index in [-0.39, 0.29) is 0 Å². The molecule has 2 rings (SSSR count).